The molecular formula is C17H11BrClN3O5S. The fourth-order valence-electron chi connectivity index (χ4n) is 2.46. The lowest BCUT2D eigenvalue weighted by Crippen LogP contribution is -2.22. The summed E-state index contributed by atoms with van der Waals surface area (Å²) >= 11 is 10.4. The molecule has 1 amide bonds. The Bertz CT molecular complexity index is 1190. The van der Waals surface area contributed by atoms with Gasteiger partial charge in [-0.15, -0.1) is 0 Å². The Morgan fingerprint density at radius 1 is 1.32 bits per heavy atom. The minimum Gasteiger partial charge on any atom is -0.468 e. The van der Waals surface area contributed by atoms with E-state index >= 15 is 0 Å². The third-order valence-electron chi connectivity index (χ3n) is 3.74. The summed E-state index contributed by atoms with van der Waals surface area (Å²) in [5.41, 5.74) is 0.0352. The van der Waals surface area contributed by atoms with Gasteiger partial charge < -0.3 is 9.30 Å². The molecule has 2 aromatic carbocycles. The van der Waals surface area contributed by atoms with Gasteiger partial charge in [-0.3, -0.25) is 19.7 Å². The fourth-order valence-corrected chi connectivity index (χ4v) is 4.22. The molecule has 28 heavy (non-hydrogen) atoms. The van der Waals surface area contributed by atoms with Crippen LogP contribution in [0.4, 0.5) is 5.69 Å². The summed E-state index contributed by atoms with van der Waals surface area (Å²) in [6.45, 7) is -0.165. The largest absolute Gasteiger partial charge is 0.468 e. The lowest BCUT2D eigenvalue weighted by Gasteiger charge is -2.04. The molecule has 1 heterocycles. The third-order valence-corrected chi connectivity index (χ3v) is 5.51. The predicted octanol–water partition coefficient (Wildman–Crippen LogP) is 3.94. The van der Waals surface area contributed by atoms with Crippen molar-refractivity contribution in [3.05, 3.63) is 66.4 Å². The van der Waals surface area contributed by atoms with Crippen LogP contribution in [0.5, 0.6) is 0 Å². The summed E-state index contributed by atoms with van der Waals surface area (Å²) in [5, 5.41) is 11.4. The maximum Gasteiger partial charge on any atom is 0.325 e. The van der Waals surface area contributed by atoms with Crippen molar-refractivity contribution in [2.75, 3.05) is 7.11 Å². The molecule has 0 fully saturated rings. The van der Waals surface area contributed by atoms with Crippen LogP contribution in [0.3, 0.4) is 0 Å². The lowest BCUT2D eigenvalue weighted by molar-refractivity contribution is -0.385. The van der Waals surface area contributed by atoms with E-state index < -0.39 is 22.5 Å². The molecule has 1 aromatic heterocycles. The van der Waals surface area contributed by atoms with Crippen LogP contribution in [0.1, 0.15) is 10.4 Å². The highest BCUT2D eigenvalue weighted by molar-refractivity contribution is 9.10. The number of esters is 1. The van der Waals surface area contributed by atoms with E-state index in [0.29, 0.717) is 5.52 Å². The second kappa shape index (κ2) is 8.21. The Morgan fingerprint density at radius 3 is 2.75 bits per heavy atom. The minimum atomic E-state index is -0.835. The number of fused-ring (bicyclic) bond motifs is 1. The zero-order valence-electron chi connectivity index (χ0n) is 14.2. The Hall–Kier alpha value is -2.56. The average Bonchev–Trinajstić information content (AvgIpc) is 2.97. The summed E-state index contributed by atoms with van der Waals surface area (Å²) in [6.07, 6.45) is 0. The van der Waals surface area contributed by atoms with Crippen LogP contribution in [0.25, 0.3) is 10.2 Å². The van der Waals surface area contributed by atoms with Gasteiger partial charge in [-0.1, -0.05) is 38.9 Å². The molecule has 0 N–H and O–H groups in total. The zero-order chi connectivity index (χ0) is 20.4. The molecule has 0 saturated carbocycles. The summed E-state index contributed by atoms with van der Waals surface area (Å²) in [7, 11) is 1.26. The van der Waals surface area contributed by atoms with Gasteiger partial charge >= 0.3 is 5.97 Å². The Kier molecular flexibility index (Phi) is 5.92. The molecule has 8 nitrogen and oxygen atoms in total. The number of benzene rings is 2. The maximum absolute atomic E-state index is 12.7. The zero-order valence-corrected chi connectivity index (χ0v) is 17.4. The van der Waals surface area contributed by atoms with E-state index in [1.165, 1.54) is 35.1 Å². The van der Waals surface area contributed by atoms with Gasteiger partial charge in [0.15, 0.2) is 4.80 Å². The first kappa shape index (κ1) is 20.2. The second-order valence-electron chi connectivity index (χ2n) is 5.49. The molecule has 0 spiro atoms. The van der Waals surface area contributed by atoms with Gasteiger partial charge in [-0.2, -0.15) is 4.99 Å². The van der Waals surface area contributed by atoms with E-state index in [0.717, 1.165) is 15.2 Å². The Balaban J connectivity index is 2.20. The van der Waals surface area contributed by atoms with Crippen molar-refractivity contribution in [2.45, 2.75) is 6.54 Å². The van der Waals surface area contributed by atoms with E-state index in [2.05, 4.69) is 20.9 Å². The number of amides is 1. The maximum atomic E-state index is 12.7. The number of hydrogen-bond donors (Lipinski definition) is 0. The molecule has 144 valence electrons. The van der Waals surface area contributed by atoms with Crippen molar-refractivity contribution >= 4 is 66.6 Å². The summed E-state index contributed by atoms with van der Waals surface area (Å²) in [4.78, 5) is 39.3. The summed E-state index contributed by atoms with van der Waals surface area (Å²) in [5.74, 6) is -1.36. The molecule has 0 aliphatic carbocycles. The highest BCUT2D eigenvalue weighted by Crippen LogP contribution is 2.25. The van der Waals surface area contributed by atoms with Crippen LogP contribution in [0, 0.1) is 10.1 Å². The smallest absolute Gasteiger partial charge is 0.325 e. The van der Waals surface area contributed by atoms with Crippen molar-refractivity contribution < 1.29 is 19.2 Å². The first-order valence-electron chi connectivity index (χ1n) is 7.69. The third kappa shape index (κ3) is 4.13. The molecule has 0 aliphatic heterocycles. The van der Waals surface area contributed by atoms with E-state index in [9.17, 15) is 19.7 Å². The summed E-state index contributed by atoms with van der Waals surface area (Å²) in [6, 6.07) is 9.04. The average molecular weight is 485 g/mol. The second-order valence-corrected chi connectivity index (χ2v) is 7.86. The quantitative estimate of drug-likeness (QED) is 0.317. The van der Waals surface area contributed by atoms with Gasteiger partial charge in [0.2, 0.25) is 0 Å². The van der Waals surface area contributed by atoms with Gasteiger partial charge in [0.05, 0.1) is 22.2 Å². The molecule has 0 atom stereocenters. The van der Waals surface area contributed by atoms with Crippen LogP contribution >= 0.6 is 38.9 Å². The van der Waals surface area contributed by atoms with Crippen LogP contribution in [0.2, 0.25) is 5.02 Å². The number of nitrogens with zero attached hydrogens (tertiary/aromatic N) is 3. The molecule has 0 unspecified atom stereocenters. The number of nitro benzene ring substituents is 1. The SMILES string of the molecule is COC(=O)Cn1c(=NC(=O)c2cc(Cl)ccc2[N+](=O)[O-])sc2cc(Br)ccc21. The van der Waals surface area contributed by atoms with Crippen LogP contribution in [-0.4, -0.2) is 28.5 Å². The van der Waals surface area contributed by atoms with Crippen molar-refractivity contribution in [1.29, 1.82) is 0 Å². The van der Waals surface area contributed by atoms with E-state index in [1.54, 1.807) is 12.1 Å². The highest BCUT2D eigenvalue weighted by atomic mass is 79.9. The number of hydrogen-bond acceptors (Lipinski definition) is 6. The topological polar surface area (TPSA) is 104 Å². The van der Waals surface area contributed by atoms with Crippen molar-refractivity contribution in [3.63, 3.8) is 0 Å². The number of nitro groups is 1. The van der Waals surface area contributed by atoms with Crippen LogP contribution < -0.4 is 4.80 Å². The Labute approximate surface area is 175 Å². The number of ether oxygens (including phenoxy) is 1. The number of carbonyl (C=O) groups is 2. The fraction of sp³-hybridized carbons (Fsp3) is 0.118. The van der Waals surface area contributed by atoms with E-state index in [1.807, 2.05) is 6.07 Å². The number of methoxy groups -OCH3 is 1. The normalized spacial score (nSPS) is 11.6. The standard InChI is InChI=1S/C17H11BrClN3O5S/c1-27-15(23)8-21-13-4-2-9(18)6-14(13)28-17(21)20-16(24)11-7-10(19)3-5-12(11)22(25)26/h2-7H,8H2,1H3. The number of halogens is 2. The minimum absolute atomic E-state index is 0.165. The van der Waals surface area contributed by atoms with Crippen molar-refractivity contribution in [2.24, 2.45) is 4.99 Å². The van der Waals surface area contributed by atoms with Crippen molar-refractivity contribution in [1.82, 2.24) is 4.57 Å². The summed E-state index contributed by atoms with van der Waals surface area (Å²) < 4.78 is 7.81. The number of rotatable bonds is 4. The van der Waals surface area contributed by atoms with E-state index in [-0.39, 0.29) is 21.9 Å². The molecule has 0 aliphatic rings. The van der Waals surface area contributed by atoms with Crippen molar-refractivity contribution in [3.8, 4) is 0 Å². The molecule has 3 aromatic rings. The lowest BCUT2D eigenvalue weighted by atomic mass is 10.2. The van der Waals surface area contributed by atoms with Gasteiger partial charge in [0, 0.05) is 15.6 Å². The van der Waals surface area contributed by atoms with E-state index in [4.69, 9.17) is 16.3 Å². The first-order chi connectivity index (χ1) is 13.3. The highest BCUT2D eigenvalue weighted by Gasteiger charge is 2.21. The monoisotopic (exact) mass is 483 g/mol. The molecular weight excluding hydrogens is 474 g/mol. The molecule has 0 radical (unpaired) electrons. The molecule has 3 rings (SSSR count). The van der Waals surface area contributed by atoms with Gasteiger partial charge in [0.25, 0.3) is 11.6 Å². The molecule has 0 saturated heterocycles. The number of thiazole rings is 1. The number of carbonyl (C=O) groups excluding carboxylic acids is 2. The van der Waals surface area contributed by atoms with Crippen LogP contribution in [0.15, 0.2) is 45.9 Å². The molecule has 0 bridgehead atoms. The molecule has 11 heteroatoms. The van der Waals surface area contributed by atoms with Gasteiger partial charge in [0.1, 0.15) is 12.1 Å². The Morgan fingerprint density at radius 2 is 2.07 bits per heavy atom. The van der Waals surface area contributed by atoms with Gasteiger partial charge in [-0.05, 0) is 30.3 Å². The predicted molar refractivity (Wildman–Crippen MR) is 108 cm³/mol. The number of aromatic nitrogens is 1. The van der Waals surface area contributed by atoms with Gasteiger partial charge in [-0.25, -0.2) is 0 Å². The van der Waals surface area contributed by atoms with Crippen LogP contribution in [-0.2, 0) is 16.1 Å². The first-order valence-corrected chi connectivity index (χ1v) is 9.67.